The Morgan fingerprint density at radius 3 is 2.94 bits per heavy atom. The van der Waals surface area contributed by atoms with Crippen molar-refractivity contribution in [2.24, 2.45) is 0 Å². The molecule has 0 bridgehead atoms. The van der Waals surface area contributed by atoms with Crippen molar-refractivity contribution < 1.29 is 10.0 Å². The first-order valence-electron chi connectivity index (χ1n) is 5.40. The minimum absolute atomic E-state index is 0.0406. The molecule has 0 spiro atoms. The van der Waals surface area contributed by atoms with Crippen molar-refractivity contribution in [3.63, 3.8) is 0 Å². The number of β-amino-alcohol motifs (C(OH)–C–C–N with tert-alkyl or cyclic N) is 1. The summed E-state index contributed by atoms with van der Waals surface area (Å²) in [7, 11) is 0. The Kier molecular flexibility index (Phi) is 3.61. The summed E-state index contributed by atoms with van der Waals surface area (Å²) in [4.78, 5) is 12.4. The lowest BCUT2D eigenvalue weighted by Gasteiger charge is -2.15. The Morgan fingerprint density at radius 2 is 2.35 bits per heavy atom. The molecule has 2 rings (SSSR count). The standard InChI is InChI=1S/C11H13ClN2O3/c12-10-2-1-3-11(14(16)17)9(10)7-13-5-4-8(15)6-13/h1-3,8,15H,4-7H2. The SMILES string of the molecule is O=[N+]([O-])c1cccc(Cl)c1CN1CCC(O)C1. The predicted molar refractivity (Wildman–Crippen MR) is 64.0 cm³/mol. The third kappa shape index (κ3) is 2.74. The van der Waals surface area contributed by atoms with Gasteiger partial charge in [0.1, 0.15) is 0 Å². The fourth-order valence-corrected chi connectivity index (χ4v) is 2.28. The highest BCUT2D eigenvalue weighted by Crippen LogP contribution is 2.28. The van der Waals surface area contributed by atoms with E-state index in [1.807, 2.05) is 4.90 Å². The summed E-state index contributed by atoms with van der Waals surface area (Å²) in [5.74, 6) is 0. The number of nitrogens with zero attached hydrogens (tertiary/aromatic N) is 2. The number of rotatable bonds is 3. The second-order valence-electron chi connectivity index (χ2n) is 4.17. The van der Waals surface area contributed by atoms with E-state index < -0.39 is 4.92 Å². The lowest BCUT2D eigenvalue weighted by atomic mass is 10.1. The highest BCUT2D eigenvalue weighted by atomic mass is 35.5. The summed E-state index contributed by atoms with van der Waals surface area (Å²) < 4.78 is 0. The van der Waals surface area contributed by atoms with Gasteiger partial charge < -0.3 is 5.11 Å². The van der Waals surface area contributed by atoms with Crippen molar-refractivity contribution in [1.29, 1.82) is 0 Å². The quantitative estimate of drug-likeness (QED) is 0.662. The van der Waals surface area contributed by atoms with Crippen molar-refractivity contribution in [2.45, 2.75) is 19.1 Å². The van der Waals surface area contributed by atoms with Crippen molar-refractivity contribution >= 4 is 17.3 Å². The zero-order valence-electron chi connectivity index (χ0n) is 9.17. The Morgan fingerprint density at radius 1 is 1.59 bits per heavy atom. The number of nitro benzene ring substituents is 1. The number of halogens is 1. The van der Waals surface area contributed by atoms with Gasteiger partial charge >= 0.3 is 0 Å². The topological polar surface area (TPSA) is 66.6 Å². The molecule has 6 heteroatoms. The van der Waals surface area contributed by atoms with Crippen molar-refractivity contribution in [3.8, 4) is 0 Å². The average molecular weight is 257 g/mol. The maximum absolute atomic E-state index is 10.9. The molecule has 5 nitrogen and oxygen atoms in total. The molecule has 1 N–H and O–H groups in total. The van der Waals surface area contributed by atoms with Gasteiger partial charge in [0, 0.05) is 25.7 Å². The number of hydrogen-bond donors (Lipinski definition) is 1. The summed E-state index contributed by atoms with van der Waals surface area (Å²) in [5, 5.41) is 20.7. The first-order valence-corrected chi connectivity index (χ1v) is 5.78. The van der Waals surface area contributed by atoms with Crippen LogP contribution in [0.5, 0.6) is 0 Å². The zero-order valence-corrected chi connectivity index (χ0v) is 9.93. The molecule has 1 unspecified atom stereocenters. The van der Waals surface area contributed by atoms with Gasteiger partial charge in [-0.2, -0.15) is 0 Å². The van der Waals surface area contributed by atoms with Crippen LogP contribution in [0.4, 0.5) is 5.69 Å². The summed E-state index contributed by atoms with van der Waals surface area (Å²) in [5.41, 5.74) is 0.562. The van der Waals surface area contributed by atoms with E-state index in [1.165, 1.54) is 6.07 Å². The van der Waals surface area contributed by atoms with Gasteiger partial charge in [-0.1, -0.05) is 17.7 Å². The molecular weight excluding hydrogens is 244 g/mol. The van der Waals surface area contributed by atoms with E-state index in [1.54, 1.807) is 12.1 Å². The molecule has 1 atom stereocenters. The Balaban J connectivity index is 2.22. The maximum atomic E-state index is 10.9. The van der Waals surface area contributed by atoms with Crippen LogP contribution in [0.25, 0.3) is 0 Å². The number of aliphatic hydroxyl groups is 1. The molecule has 1 aliphatic heterocycles. The van der Waals surface area contributed by atoms with Crippen LogP contribution in [0.1, 0.15) is 12.0 Å². The molecule has 0 amide bonds. The molecule has 1 aromatic rings. The molecule has 0 aliphatic carbocycles. The van der Waals surface area contributed by atoms with E-state index in [-0.39, 0.29) is 11.8 Å². The highest BCUT2D eigenvalue weighted by molar-refractivity contribution is 6.31. The van der Waals surface area contributed by atoms with Crippen LogP contribution in [-0.4, -0.2) is 34.1 Å². The summed E-state index contributed by atoms with van der Waals surface area (Å²) in [6.45, 7) is 1.69. The summed E-state index contributed by atoms with van der Waals surface area (Å²) >= 11 is 5.99. The molecule has 0 aromatic heterocycles. The van der Waals surface area contributed by atoms with Gasteiger partial charge in [-0.05, 0) is 12.5 Å². The fourth-order valence-electron chi connectivity index (χ4n) is 2.05. The van der Waals surface area contributed by atoms with Crippen LogP contribution >= 0.6 is 11.6 Å². The number of aliphatic hydroxyl groups excluding tert-OH is 1. The van der Waals surface area contributed by atoms with Crippen LogP contribution < -0.4 is 0 Å². The normalized spacial score (nSPS) is 20.7. The third-order valence-corrected chi connectivity index (χ3v) is 3.27. The minimum Gasteiger partial charge on any atom is -0.392 e. The van der Waals surface area contributed by atoms with Gasteiger partial charge in [-0.25, -0.2) is 0 Å². The number of benzene rings is 1. The number of likely N-dealkylation sites (tertiary alicyclic amines) is 1. The lowest BCUT2D eigenvalue weighted by Crippen LogP contribution is -2.22. The lowest BCUT2D eigenvalue weighted by molar-refractivity contribution is -0.385. The highest BCUT2D eigenvalue weighted by Gasteiger charge is 2.24. The van der Waals surface area contributed by atoms with Crippen LogP contribution in [0.15, 0.2) is 18.2 Å². The van der Waals surface area contributed by atoms with Gasteiger partial charge in [0.25, 0.3) is 5.69 Å². The molecule has 1 fully saturated rings. The Labute approximate surface area is 104 Å². The van der Waals surface area contributed by atoms with Crippen molar-refractivity contribution in [2.75, 3.05) is 13.1 Å². The molecule has 1 aliphatic rings. The maximum Gasteiger partial charge on any atom is 0.275 e. The molecule has 1 saturated heterocycles. The van der Waals surface area contributed by atoms with Crippen LogP contribution in [0, 0.1) is 10.1 Å². The average Bonchev–Trinajstić information content (AvgIpc) is 2.67. The summed E-state index contributed by atoms with van der Waals surface area (Å²) in [6, 6.07) is 4.67. The van der Waals surface area contributed by atoms with E-state index in [0.717, 1.165) is 6.54 Å². The molecule has 17 heavy (non-hydrogen) atoms. The Bertz CT molecular complexity index is 439. The van der Waals surface area contributed by atoms with Crippen molar-refractivity contribution in [1.82, 2.24) is 4.90 Å². The molecule has 1 aromatic carbocycles. The zero-order chi connectivity index (χ0) is 12.4. The van der Waals surface area contributed by atoms with E-state index in [0.29, 0.717) is 30.1 Å². The van der Waals surface area contributed by atoms with Gasteiger partial charge in [0.05, 0.1) is 21.6 Å². The monoisotopic (exact) mass is 256 g/mol. The Hall–Kier alpha value is -1.17. The van der Waals surface area contributed by atoms with E-state index >= 15 is 0 Å². The van der Waals surface area contributed by atoms with E-state index in [2.05, 4.69) is 0 Å². The fraction of sp³-hybridized carbons (Fsp3) is 0.455. The molecule has 0 radical (unpaired) electrons. The van der Waals surface area contributed by atoms with Crippen LogP contribution in [-0.2, 0) is 6.54 Å². The first-order chi connectivity index (χ1) is 8.08. The minimum atomic E-state index is -0.423. The van der Waals surface area contributed by atoms with Crippen molar-refractivity contribution in [3.05, 3.63) is 38.9 Å². The van der Waals surface area contributed by atoms with Crippen LogP contribution in [0.3, 0.4) is 0 Å². The molecule has 1 heterocycles. The smallest absolute Gasteiger partial charge is 0.275 e. The van der Waals surface area contributed by atoms with Crippen LogP contribution in [0.2, 0.25) is 5.02 Å². The molecule has 92 valence electrons. The van der Waals surface area contributed by atoms with E-state index in [4.69, 9.17) is 11.6 Å². The largest absolute Gasteiger partial charge is 0.392 e. The van der Waals surface area contributed by atoms with Gasteiger partial charge in [-0.3, -0.25) is 15.0 Å². The molecular formula is C11H13ClN2O3. The first kappa shape index (κ1) is 12.3. The van der Waals surface area contributed by atoms with E-state index in [9.17, 15) is 15.2 Å². The number of hydrogen-bond acceptors (Lipinski definition) is 4. The van der Waals surface area contributed by atoms with Gasteiger partial charge in [0.15, 0.2) is 0 Å². The second kappa shape index (κ2) is 5.00. The predicted octanol–water partition coefficient (Wildman–Crippen LogP) is 1.81. The van der Waals surface area contributed by atoms with Gasteiger partial charge in [-0.15, -0.1) is 0 Å². The number of nitro groups is 1. The van der Waals surface area contributed by atoms with Gasteiger partial charge in [0.2, 0.25) is 0 Å². The third-order valence-electron chi connectivity index (χ3n) is 2.92. The summed E-state index contributed by atoms with van der Waals surface area (Å²) in [6.07, 6.45) is 0.370. The molecule has 0 saturated carbocycles. The second-order valence-corrected chi connectivity index (χ2v) is 4.58.